The third kappa shape index (κ3) is 1.82. The number of carbonyl (C=O) groups is 2. The first kappa shape index (κ1) is 10.5. The average Bonchev–Trinajstić information content (AvgIpc) is 2.68. The summed E-state index contributed by atoms with van der Waals surface area (Å²) in [6, 6.07) is 11.3. The number of hydrogen-bond acceptors (Lipinski definition) is 4. The van der Waals surface area contributed by atoms with Crippen LogP contribution in [0.5, 0.6) is 0 Å². The van der Waals surface area contributed by atoms with E-state index in [4.69, 9.17) is 4.74 Å². The maximum atomic E-state index is 11.3. The normalized spacial score (nSPS) is 17.0. The van der Waals surface area contributed by atoms with Crippen LogP contribution in [-0.2, 0) is 9.53 Å². The number of aromatic nitrogens is 1. The highest BCUT2D eigenvalue weighted by Crippen LogP contribution is 2.15. The summed E-state index contributed by atoms with van der Waals surface area (Å²) < 4.78 is 4.71. The van der Waals surface area contributed by atoms with Gasteiger partial charge in [-0.2, -0.15) is 0 Å². The van der Waals surface area contributed by atoms with Crippen molar-refractivity contribution in [1.29, 1.82) is 0 Å². The number of amides is 2. The number of benzene rings is 1. The van der Waals surface area contributed by atoms with Crippen molar-refractivity contribution < 1.29 is 14.3 Å². The van der Waals surface area contributed by atoms with E-state index in [1.54, 1.807) is 6.07 Å². The number of nitrogens with one attached hydrogen (secondary N) is 1. The average molecular weight is 240 g/mol. The van der Waals surface area contributed by atoms with Gasteiger partial charge in [-0.1, -0.05) is 24.3 Å². The second kappa shape index (κ2) is 3.96. The number of nitrogens with zero attached hydrogens (tertiary/aromatic N) is 1. The summed E-state index contributed by atoms with van der Waals surface area (Å²) in [5.74, 6) is -0.585. The Morgan fingerprint density at radius 1 is 1.11 bits per heavy atom. The zero-order chi connectivity index (χ0) is 12.5. The maximum absolute atomic E-state index is 11.3. The lowest BCUT2D eigenvalue weighted by Gasteiger charge is -1.98. The highest BCUT2D eigenvalue weighted by atomic mass is 16.6. The van der Waals surface area contributed by atoms with Gasteiger partial charge in [-0.3, -0.25) is 10.1 Å². The topological polar surface area (TPSA) is 68.3 Å². The number of rotatable bonds is 1. The zero-order valence-corrected chi connectivity index (χ0v) is 9.21. The molecular weight excluding hydrogens is 232 g/mol. The van der Waals surface area contributed by atoms with Gasteiger partial charge in [0.15, 0.2) is 5.76 Å². The predicted octanol–water partition coefficient (Wildman–Crippen LogP) is 1.84. The summed E-state index contributed by atoms with van der Waals surface area (Å²) in [6.45, 7) is 0. The van der Waals surface area contributed by atoms with Gasteiger partial charge in [0.2, 0.25) is 0 Å². The largest absolute Gasteiger partial charge is 0.419 e. The molecule has 2 amide bonds. The van der Waals surface area contributed by atoms with E-state index in [9.17, 15) is 9.59 Å². The molecule has 1 aliphatic heterocycles. The molecule has 1 aliphatic rings. The molecule has 0 unspecified atom stereocenters. The Hall–Kier alpha value is -2.69. The van der Waals surface area contributed by atoms with Crippen molar-refractivity contribution in [1.82, 2.24) is 10.3 Å². The Bertz CT molecular complexity index is 691. The van der Waals surface area contributed by atoms with Crippen molar-refractivity contribution >= 4 is 29.0 Å². The van der Waals surface area contributed by atoms with Gasteiger partial charge in [0.1, 0.15) is 0 Å². The van der Waals surface area contributed by atoms with E-state index in [0.29, 0.717) is 5.69 Å². The van der Waals surface area contributed by atoms with Crippen molar-refractivity contribution in [2.45, 2.75) is 0 Å². The SMILES string of the molecule is O=C1NC(=O)C(=Cc2ccc3ccccc3n2)O1. The molecule has 88 valence electrons. The lowest BCUT2D eigenvalue weighted by atomic mass is 10.2. The fourth-order valence-electron chi connectivity index (χ4n) is 1.72. The third-order valence-electron chi connectivity index (χ3n) is 2.54. The lowest BCUT2D eigenvalue weighted by Crippen LogP contribution is -2.18. The number of pyridine rings is 1. The fraction of sp³-hybridized carbons (Fsp3) is 0. The van der Waals surface area contributed by atoms with Crippen LogP contribution in [0.3, 0.4) is 0 Å². The number of carbonyl (C=O) groups excluding carboxylic acids is 2. The highest BCUT2D eigenvalue weighted by Gasteiger charge is 2.26. The van der Waals surface area contributed by atoms with Crippen molar-refractivity contribution in [3.63, 3.8) is 0 Å². The second-order valence-electron chi connectivity index (χ2n) is 3.78. The molecule has 1 saturated heterocycles. The number of para-hydroxylation sites is 1. The van der Waals surface area contributed by atoms with Gasteiger partial charge in [0.25, 0.3) is 5.91 Å². The van der Waals surface area contributed by atoms with Crippen molar-refractivity contribution in [3.05, 3.63) is 47.9 Å². The summed E-state index contributed by atoms with van der Waals surface area (Å²) in [5, 5.41) is 3.04. The van der Waals surface area contributed by atoms with E-state index in [-0.39, 0.29) is 5.76 Å². The fourth-order valence-corrected chi connectivity index (χ4v) is 1.72. The number of cyclic esters (lactones) is 1. The molecule has 1 fully saturated rings. The first-order chi connectivity index (χ1) is 8.72. The van der Waals surface area contributed by atoms with Crippen LogP contribution in [-0.4, -0.2) is 17.0 Å². The van der Waals surface area contributed by atoms with Crippen LogP contribution in [0.1, 0.15) is 5.69 Å². The first-order valence-electron chi connectivity index (χ1n) is 5.33. The molecule has 0 spiro atoms. The Morgan fingerprint density at radius 2 is 1.94 bits per heavy atom. The summed E-state index contributed by atoms with van der Waals surface area (Å²) in [4.78, 5) is 26.5. The van der Waals surface area contributed by atoms with Crippen molar-refractivity contribution in [2.24, 2.45) is 0 Å². The van der Waals surface area contributed by atoms with Gasteiger partial charge >= 0.3 is 6.09 Å². The van der Waals surface area contributed by atoms with E-state index >= 15 is 0 Å². The molecule has 0 aliphatic carbocycles. The molecule has 5 heteroatoms. The Balaban J connectivity index is 2.02. The summed E-state index contributed by atoms with van der Waals surface area (Å²) in [6.07, 6.45) is 0.680. The van der Waals surface area contributed by atoms with Crippen LogP contribution in [0.15, 0.2) is 42.2 Å². The van der Waals surface area contributed by atoms with Crippen LogP contribution in [0, 0.1) is 0 Å². The van der Waals surface area contributed by atoms with Gasteiger partial charge < -0.3 is 4.74 Å². The Labute approximate surface area is 102 Å². The van der Waals surface area contributed by atoms with E-state index in [1.807, 2.05) is 35.6 Å². The second-order valence-corrected chi connectivity index (χ2v) is 3.78. The van der Waals surface area contributed by atoms with E-state index in [2.05, 4.69) is 4.98 Å². The molecule has 0 bridgehead atoms. The quantitative estimate of drug-likeness (QED) is 0.772. The molecule has 0 saturated carbocycles. The van der Waals surface area contributed by atoms with Crippen LogP contribution >= 0.6 is 0 Å². The minimum atomic E-state index is -0.757. The van der Waals surface area contributed by atoms with Crippen LogP contribution in [0.2, 0.25) is 0 Å². The number of fused-ring (bicyclic) bond motifs is 1. The molecule has 3 rings (SSSR count). The Kier molecular flexibility index (Phi) is 2.30. The molecule has 2 aromatic rings. The van der Waals surface area contributed by atoms with Crippen LogP contribution in [0.4, 0.5) is 4.79 Å². The third-order valence-corrected chi connectivity index (χ3v) is 2.54. The summed E-state index contributed by atoms with van der Waals surface area (Å²) >= 11 is 0. The van der Waals surface area contributed by atoms with Gasteiger partial charge in [-0.25, -0.2) is 9.78 Å². The van der Waals surface area contributed by atoms with E-state index in [0.717, 1.165) is 10.9 Å². The minimum Gasteiger partial charge on any atom is -0.404 e. The van der Waals surface area contributed by atoms with E-state index in [1.165, 1.54) is 6.08 Å². The molecule has 1 N–H and O–H groups in total. The summed E-state index contributed by atoms with van der Waals surface area (Å²) in [5.41, 5.74) is 1.38. The molecule has 0 radical (unpaired) electrons. The molecule has 1 aromatic heterocycles. The minimum absolute atomic E-state index is 0.0391. The first-order valence-corrected chi connectivity index (χ1v) is 5.33. The molecule has 1 aromatic carbocycles. The highest BCUT2D eigenvalue weighted by molar-refractivity contribution is 6.09. The number of hydrogen-bond donors (Lipinski definition) is 1. The van der Waals surface area contributed by atoms with Gasteiger partial charge in [0, 0.05) is 11.5 Å². The maximum Gasteiger partial charge on any atom is 0.419 e. The lowest BCUT2D eigenvalue weighted by molar-refractivity contribution is -0.116. The van der Waals surface area contributed by atoms with Crippen molar-refractivity contribution in [3.8, 4) is 0 Å². The standard InChI is InChI=1S/C13H8N2O3/c16-12-11(18-13(17)15-12)7-9-6-5-8-3-1-2-4-10(8)14-9/h1-7H,(H,15,16,17). The zero-order valence-electron chi connectivity index (χ0n) is 9.21. The molecule has 5 nitrogen and oxygen atoms in total. The number of alkyl carbamates (subject to hydrolysis) is 1. The van der Waals surface area contributed by atoms with Gasteiger partial charge in [-0.15, -0.1) is 0 Å². The number of imide groups is 1. The molecule has 18 heavy (non-hydrogen) atoms. The van der Waals surface area contributed by atoms with Crippen LogP contribution < -0.4 is 5.32 Å². The summed E-state index contributed by atoms with van der Waals surface area (Å²) in [7, 11) is 0. The Morgan fingerprint density at radius 3 is 2.72 bits per heavy atom. The number of ether oxygens (including phenoxy) is 1. The molecule has 2 heterocycles. The van der Waals surface area contributed by atoms with Crippen LogP contribution in [0.25, 0.3) is 17.0 Å². The predicted molar refractivity (Wildman–Crippen MR) is 64.3 cm³/mol. The molecule has 0 atom stereocenters. The monoisotopic (exact) mass is 240 g/mol. The van der Waals surface area contributed by atoms with E-state index < -0.39 is 12.0 Å². The van der Waals surface area contributed by atoms with Gasteiger partial charge in [-0.05, 0) is 12.1 Å². The molecular formula is C13H8N2O3. The van der Waals surface area contributed by atoms with Crippen molar-refractivity contribution in [2.75, 3.05) is 0 Å². The smallest absolute Gasteiger partial charge is 0.404 e. The van der Waals surface area contributed by atoms with Gasteiger partial charge in [0.05, 0.1) is 11.2 Å².